The van der Waals surface area contributed by atoms with Crippen LogP contribution in [0, 0.1) is 5.82 Å². The molecule has 0 aromatic heterocycles. The van der Waals surface area contributed by atoms with Gasteiger partial charge in [-0.05, 0) is 61.9 Å². The number of ketones is 1. The van der Waals surface area contributed by atoms with Crippen LogP contribution in [0.4, 0.5) is 10.1 Å². The molecule has 0 spiro atoms. The summed E-state index contributed by atoms with van der Waals surface area (Å²) in [6.07, 6.45) is 0. The minimum atomic E-state index is -1.02. The second-order valence-corrected chi connectivity index (χ2v) is 8.16. The summed E-state index contributed by atoms with van der Waals surface area (Å²) < 4.78 is 24.9. The second kappa shape index (κ2) is 10.2. The Balaban J connectivity index is 1.94. The minimum absolute atomic E-state index is 0.147. The van der Waals surface area contributed by atoms with Crippen molar-refractivity contribution in [2.75, 3.05) is 18.1 Å². The number of Topliss-reactive ketones (excluding diaryl/α,β-unsaturated/α-hetero) is 1. The summed E-state index contributed by atoms with van der Waals surface area (Å²) in [4.78, 5) is 27.8. The van der Waals surface area contributed by atoms with E-state index in [-0.39, 0.29) is 11.1 Å². The summed E-state index contributed by atoms with van der Waals surface area (Å²) in [6, 6.07) is 15.7. The first-order valence-electron chi connectivity index (χ1n) is 11.1. The molecular weight excluding hydrogens is 473 g/mol. The maximum absolute atomic E-state index is 13.7. The Kier molecular flexibility index (Phi) is 7.07. The molecule has 3 aromatic carbocycles. The molecule has 1 atom stereocenters. The lowest BCUT2D eigenvalue weighted by atomic mass is 9.94. The molecule has 1 N–H and O–H groups in total. The highest BCUT2D eigenvalue weighted by Gasteiger charge is 2.47. The molecule has 1 aliphatic rings. The van der Waals surface area contributed by atoms with Crippen molar-refractivity contribution in [3.05, 3.63) is 94.3 Å². The Bertz CT molecular complexity index is 1310. The van der Waals surface area contributed by atoms with Crippen LogP contribution in [0.15, 0.2) is 72.3 Å². The van der Waals surface area contributed by atoms with Gasteiger partial charge in [-0.15, -0.1) is 0 Å². The number of carbonyl (C=O) groups is 2. The van der Waals surface area contributed by atoms with Gasteiger partial charge >= 0.3 is 0 Å². The number of carbonyl (C=O) groups excluding carboxylic acids is 2. The molecule has 0 radical (unpaired) electrons. The van der Waals surface area contributed by atoms with Gasteiger partial charge in [-0.25, -0.2) is 4.39 Å². The van der Waals surface area contributed by atoms with Gasteiger partial charge in [0.05, 0.1) is 30.4 Å². The number of nitrogens with zero attached hydrogens (tertiary/aromatic N) is 1. The summed E-state index contributed by atoms with van der Waals surface area (Å²) in [5, 5.41) is 11.8. The zero-order valence-electron chi connectivity index (χ0n) is 19.1. The highest BCUT2D eigenvalue weighted by Crippen LogP contribution is 2.44. The summed E-state index contributed by atoms with van der Waals surface area (Å²) in [7, 11) is 0. The zero-order chi connectivity index (χ0) is 25.1. The summed E-state index contributed by atoms with van der Waals surface area (Å²) in [5.74, 6) is -1.78. The lowest BCUT2D eigenvalue weighted by Gasteiger charge is -2.25. The van der Waals surface area contributed by atoms with Crippen molar-refractivity contribution < 1.29 is 28.6 Å². The molecule has 1 fully saturated rings. The van der Waals surface area contributed by atoms with E-state index in [1.165, 1.54) is 29.2 Å². The number of aliphatic hydroxyl groups excluding tert-OH is 1. The Hall–Kier alpha value is -3.84. The first-order chi connectivity index (χ1) is 16.8. The van der Waals surface area contributed by atoms with E-state index < -0.39 is 29.3 Å². The number of halogens is 2. The van der Waals surface area contributed by atoms with E-state index in [0.29, 0.717) is 41.0 Å². The van der Waals surface area contributed by atoms with Gasteiger partial charge in [-0.1, -0.05) is 29.8 Å². The van der Waals surface area contributed by atoms with Crippen LogP contribution in [0.1, 0.15) is 31.0 Å². The molecule has 6 nitrogen and oxygen atoms in total. The van der Waals surface area contributed by atoms with E-state index in [1.807, 2.05) is 6.92 Å². The molecule has 4 rings (SSSR count). The third-order valence-electron chi connectivity index (χ3n) is 5.54. The van der Waals surface area contributed by atoms with Gasteiger partial charge in [0.1, 0.15) is 23.1 Å². The molecule has 8 heteroatoms. The lowest BCUT2D eigenvalue weighted by molar-refractivity contribution is -0.132. The average Bonchev–Trinajstić information content (AvgIpc) is 3.10. The maximum Gasteiger partial charge on any atom is 0.300 e. The standard InChI is InChI=1S/C27H23ClFNO5/c1-3-34-20-12-13-21(22(15-20)35-4-2)25(31)23-24(16-8-10-18(29)11-9-16)30(27(33)26(23)32)19-7-5-6-17(28)14-19/h5-15,24,31H,3-4H2,1-2H3/b25-23-. The van der Waals surface area contributed by atoms with Crippen LogP contribution in [0.25, 0.3) is 5.76 Å². The monoisotopic (exact) mass is 495 g/mol. The largest absolute Gasteiger partial charge is 0.507 e. The smallest absolute Gasteiger partial charge is 0.300 e. The van der Waals surface area contributed by atoms with Crippen molar-refractivity contribution in [3.63, 3.8) is 0 Å². The van der Waals surface area contributed by atoms with Crippen LogP contribution in [0.3, 0.4) is 0 Å². The Morgan fingerprint density at radius 3 is 2.37 bits per heavy atom. The van der Waals surface area contributed by atoms with Crippen molar-refractivity contribution in [2.24, 2.45) is 0 Å². The lowest BCUT2D eigenvalue weighted by Crippen LogP contribution is -2.29. The number of benzene rings is 3. The van der Waals surface area contributed by atoms with E-state index >= 15 is 0 Å². The number of ether oxygens (including phenoxy) is 2. The molecular formula is C27H23ClFNO5. The van der Waals surface area contributed by atoms with Crippen LogP contribution in [-0.4, -0.2) is 30.0 Å². The van der Waals surface area contributed by atoms with E-state index in [4.69, 9.17) is 21.1 Å². The first kappa shape index (κ1) is 24.3. The molecule has 1 amide bonds. The van der Waals surface area contributed by atoms with Crippen molar-refractivity contribution in [2.45, 2.75) is 19.9 Å². The number of rotatable bonds is 7. The van der Waals surface area contributed by atoms with Gasteiger partial charge in [0.2, 0.25) is 0 Å². The van der Waals surface area contributed by atoms with Crippen molar-refractivity contribution in [1.29, 1.82) is 0 Å². The van der Waals surface area contributed by atoms with E-state index in [9.17, 15) is 19.1 Å². The summed E-state index contributed by atoms with van der Waals surface area (Å²) in [5.41, 5.74) is 0.888. The van der Waals surface area contributed by atoms with Crippen LogP contribution in [-0.2, 0) is 9.59 Å². The fourth-order valence-corrected chi connectivity index (χ4v) is 4.24. The van der Waals surface area contributed by atoms with Gasteiger partial charge in [-0.3, -0.25) is 14.5 Å². The van der Waals surface area contributed by atoms with Gasteiger partial charge in [-0.2, -0.15) is 0 Å². The second-order valence-electron chi connectivity index (χ2n) is 7.72. The predicted molar refractivity (Wildman–Crippen MR) is 131 cm³/mol. The molecule has 0 bridgehead atoms. The minimum Gasteiger partial charge on any atom is -0.507 e. The van der Waals surface area contributed by atoms with Crippen molar-refractivity contribution >= 4 is 34.7 Å². The van der Waals surface area contributed by atoms with Gasteiger partial charge < -0.3 is 14.6 Å². The Morgan fingerprint density at radius 1 is 1.00 bits per heavy atom. The van der Waals surface area contributed by atoms with Crippen LogP contribution in [0.5, 0.6) is 11.5 Å². The summed E-state index contributed by atoms with van der Waals surface area (Å²) >= 11 is 6.15. The van der Waals surface area contributed by atoms with Gasteiger partial charge in [0.15, 0.2) is 0 Å². The quantitative estimate of drug-likeness (QED) is 0.251. The Morgan fingerprint density at radius 2 is 1.71 bits per heavy atom. The first-order valence-corrected chi connectivity index (χ1v) is 11.5. The van der Waals surface area contributed by atoms with Gasteiger partial charge in [0, 0.05) is 16.8 Å². The SMILES string of the molecule is CCOc1ccc(/C(O)=C2/C(=O)C(=O)N(c3cccc(Cl)c3)C2c2ccc(F)cc2)c(OCC)c1. The van der Waals surface area contributed by atoms with Gasteiger partial charge in [0.25, 0.3) is 11.7 Å². The molecule has 1 aliphatic heterocycles. The fraction of sp³-hybridized carbons (Fsp3) is 0.185. The maximum atomic E-state index is 13.7. The highest BCUT2D eigenvalue weighted by atomic mass is 35.5. The third kappa shape index (κ3) is 4.72. The number of anilines is 1. The average molecular weight is 496 g/mol. The fourth-order valence-electron chi connectivity index (χ4n) is 4.06. The normalized spacial score (nSPS) is 17.0. The third-order valence-corrected chi connectivity index (χ3v) is 5.77. The summed E-state index contributed by atoms with van der Waals surface area (Å²) in [6.45, 7) is 4.36. The van der Waals surface area contributed by atoms with Crippen LogP contribution < -0.4 is 14.4 Å². The molecule has 0 saturated carbocycles. The number of aliphatic hydroxyl groups is 1. The highest BCUT2D eigenvalue weighted by molar-refractivity contribution is 6.51. The number of amides is 1. The molecule has 1 unspecified atom stereocenters. The Labute approximate surface area is 207 Å². The van der Waals surface area contributed by atoms with Crippen molar-refractivity contribution in [1.82, 2.24) is 0 Å². The molecule has 0 aliphatic carbocycles. The van der Waals surface area contributed by atoms with Crippen molar-refractivity contribution in [3.8, 4) is 11.5 Å². The van der Waals surface area contributed by atoms with E-state index in [2.05, 4.69) is 0 Å². The topological polar surface area (TPSA) is 76.1 Å². The zero-order valence-corrected chi connectivity index (χ0v) is 19.9. The number of hydrogen-bond acceptors (Lipinski definition) is 5. The molecule has 3 aromatic rings. The predicted octanol–water partition coefficient (Wildman–Crippen LogP) is 5.90. The van der Waals surface area contributed by atoms with Crippen LogP contribution in [0.2, 0.25) is 5.02 Å². The molecule has 1 saturated heterocycles. The molecule has 1 heterocycles. The van der Waals surface area contributed by atoms with E-state index in [0.717, 1.165) is 0 Å². The molecule has 180 valence electrons. The number of hydrogen-bond donors (Lipinski definition) is 1. The van der Waals surface area contributed by atoms with Crippen LogP contribution >= 0.6 is 11.6 Å². The molecule has 35 heavy (non-hydrogen) atoms. The van der Waals surface area contributed by atoms with E-state index in [1.54, 1.807) is 49.4 Å².